The summed E-state index contributed by atoms with van der Waals surface area (Å²) in [5, 5.41) is 9.86. The monoisotopic (exact) mass is 396 g/mol. The van der Waals surface area contributed by atoms with E-state index in [4.69, 9.17) is 11.6 Å². The van der Waals surface area contributed by atoms with Crippen LogP contribution in [0.4, 0.5) is 11.4 Å². The lowest BCUT2D eigenvalue weighted by Gasteiger charge is -2.10. The minimum atomic E-state index is -0.434. The standard InChI is InChI=1S/C20H17ClN4O3/c1-13(26)22-18-11-15(7-8-16(18)21)23-19(27)12-25-20(28)10-9-17(24-25)14-5-3-2-4-6-14/h2-11H,12H2,1H3,(H,22,26)(H,23,27). The van der Waals surface area contributed by atoms with Gasteiger partial charge < -0.3 is 10.6 Å². The molecule has 1 aromatic heterocycles. The Labute approximate surface area is 166 Å². The topological polar surface area (TPSA) is 93.1 Å². The minimum absolute atomic E-state index is 0.252. The minimum Gasteiger partial charge on any atom is -0.325 e. The Bertz CT molecular complexity index is 1080. The molecule has 0 bridgehead atoms. The normalized spacial score (nSPS) is 10.4. The van der Waals surface area contributed by atoms with Crippen molar-refractivity contribution in [2.45, 2.75) is 13.5 Å². The van der Waals surface area contributed by atoms with Gasteiger partial charge in [0.05, 0.1) is 16.4 Å². The van der Waals surface area contributed by atoms with E-state index in [0.29, 0.717) is 22.1 Å². The number of carbonyl (C=O) groups excluding carboxylic acids is 2. The SMILES string of the molecule is CC(=O)Nc1cc(NC(=O)Cn2nc(-c3ccccc3)ccc2=O)ccc1Cl. The molecule has 3 aromatic rings. The molecule has 0 saturated heterocycles. The van der Waals surface area contributed by atoms with Crippen molar-refractivity contribution in [3.05, 3.63) is 76.0 Å². The fourth-order valence-corrected chi connectivity index (χ4v) is 2.71. The van der Waals surface area contributed by atoms with Gasteiger partial charge in [0, 0.05) is 24.2 Å². The molecular weight excluding hydrogens is 380 g/mol. The van der Waals surface area contributed by atoms with Gasteiger partial charge in [-0.3, -0.25) is 14.4 Å². The molecule has 28 heavy (non-hydrogen) atoms. The van der Waals surface area contributed by atoms with Crippen LogP contribution in [0.1, 0.15) is 6.92 Å². The number of carbonyl (C=O) groups is 2. The van der Waals surface area contributed by atoms with E-state index in [9.17, 15) is 14.4 Å². The lowest BCUT2D eigenvalue weighted by atomic mass is 10.1. The number of anilines is 2. The lowest BCUT2D eigenvalue weighted by Crippen LogP contribution is -2.29. The van der Waals surface area contributed by atoms with Gasteiger partial charge in [-0.2, -0.15) is 5.10 Å². The maximum Gasteiger partial charge on any atom is 0.267 e. The van der Waals surface area contributed by atoms with Crippen molar-refractivity contribution < 1.29 is 9.59 Å². The van der Waals surface area contributed by atoms with E-state index in [1.54, 1.807) is 18.2 Å². The van der Waals surface area contributed by atoms with Gasteiger partial charge in [0.25, 0.3) is 5.56 Å². The fraction of sp³-hybridized carbons (Fsp3) is 0.100. The summed E-state index contributed by atoms with van der Waals surface area (Å²) >= 11 is 6.02. The third kappa shape index (κ3) is 4.83. The quantitative estimate of drug-likeness (QED) is 0.692. The second-order valence-electron chi connectivity index (χ2n) is 6.00. The second kappa shape index (κ2) is 8.49. The second-order valence-corrected chi connectivity index (χ2v) is 6.41. The molecule has 0 unspecified atom stereocenters. The Morgan fingerprint density at radius 1 is 1.04 bits per heavy atom. The van der Waals surface area contributed by atoms with E-state index < -0.39 is 5.91 Å². The highest BCUT2D eigenvalue weighted by Crippen LogP contribution is 2.25. The van der Waals surface area contributed by atoms with Crippen LogP contribution >= 0.6 is 11.6 Å². The molecule has 1 heterocycles. The van der Waals surface area contributed by atoms with Crippen LogP contribution in [0.25, 0.3) is 11.3 Å². The summed E-state index contributed by atoms with van der Waals surface area (Å²) in [5.41, 5.74) is 1.87. The van der Waals surface area contributed by atoms with Gasteiger partial charge in [-0.25, -0.2) is 4.68 Å². The van der Waals surface area contributed by atoms with Crippen molar-refractivity contribution in [1.29, 1.82) is 0 Å². The van der Waals surface area contributed by atoms with Crippen molar-refractivity contribution >= 4 is 34.8 Å². The van der Waals surface area contributed by atoms with Gasteiger partial charge in [-0.05, 0) is 24.3 Å². The number of aromatic nitrogens is 2. The van der Waals surface area contributed by atoms with Crippen molar-refractivity contribution in [2.75, 3.05) is 10.6 Å². The third-order valence-electron chi connectivity index (χ3n) is 3.79. The van der Waals surface area contributed by atoms with E-state index >= 15 is 0 Å². The molecular formula is C20H17ClN4O3. The van der Waals surface area contributed by atoms with Gasteiger partial charge in [0.15, 0.2) is 0 Å². The lowest BCUT2D eigenvalue weighted by molar-refractivity contribution is -0.117. The van der Waals surface area contributed by atoms with E-state index in [1.165, 1.54) is 19.1 Å². The zero-order chi connectivity index (χ0) is 20.1. The van der Waals surface area contributed by atoms with Crippen LogP contribution in [0.2, 0.25) is 5.02 Å². The predicted molar refractivity (Wildman–Crippen MR) is 108 cm³/mol. The van der Waals surface area contributed by atoms with Crippen LogP contribution in [-0.4, -0.2) is 21.6 Å². The fourth-order valence-electron chi connectivity index (χ4n) is 2.55. The van der Waals surface area contributed by atoms with E-state index in [1.807, 2.05) is 30.3 Å². The van der Waals surface area contributed by atoms with Crippen molar-refractivity contribution in [2.24, 2.45) is 0 Å². The predicted octanol–water partition coefficient (Wildman–Crippen LogP) is 3.16. The van der Waals surface area contributed by atoms with Crippen molar-refractivity contribution in [3.63, 3.8) is 0 Å². The number of rotatable bonds is 5. The maximum absolute atomic E-state index is 12.4. The molecule has 0 fully saturated rings. The Balaban J connectivity index is 1.77. The van der Waals surface area contributed by atoms with Gasteiger partial charge in [0.2, 0.25) is 11.8 Å². The number of halogens is 1. The Morgan fingerprint density at radius 3 is 2.50 bits per heavy atom. The summed E-state index contributed by atoms with van der Waals surface area (Å²) in [6, 6.07) is 17.0. The molecule has 0 aliphatic heterocycles. The Kier molecular flexibility index (Phi) is 5.86. The molecule has 0 atom stereocenters. The summed E-state index contributed by atoms with van der Waals surface area (Å²) in [6.07, 6.45) is 0. The largest absolute Gasteiger partial charge is 0.325 e. The summed E-state index contributed by atoms with van der Waals surface area (Å²) in [5.74, 6) is -0.713. The number of benzene rings is 2. The van der Waals surface area contributed by atoms with Crippen LogP contribution in [0, 0.1) is 0 Å². The third-order valence-corrected chi connectivity index (χ3v) is 4.12. The number of nitrogens with one attached hydrogen (secondary N) is 2. The molecule has 0 aliphatic carbocycles. The highest BCUT2D eigenvalue weighted by atomic mass is 35.5. The molecule has 8 heteroatoms. The first-order chi connectivity index (χ1) is 13.4. The first kappa shape index (κ1) is 19.3. The molecule has 2 aromatic carbocycles. The summed E-state index contributed by atoms with van der Waals surface area (Å²) in [4.78, 5) is 35.7. The van der Waals surface area contributed by atoms with Gasteiger partial charge in [-0.1, -0.05) is 41.9 Å². The molecule has 2 amide bonds. The molecule has 142 valence electrons. The maximum atomic E-state index is 12.4. The van der Waals surface area contributed by atoms with Crippen LogP contribution in [0.15, 0.2) is 65.5 Å². The van der Waals surface area contributed by atoms with Crippen LogP contribution < -0.4 is 16.2 Å². The van der Waals surface area contributed by atoms with E-state index in [0.717, 1.165) is 10.2 Å². The molecule has 3 rings (SSSR count). The zero-order valence-electron chi connectivity index (χ0n) is 15.0. The van der Waals surface area contributed by atoms with Gasteiger partial charge in [-0.15, -0.1) is 0 Å². The Morgan fingerprint density at radius 2 is 1.79 bits per heavy atom. The van der Waals surface area contributed by atoms with E-state index in [-0.39, 0.29) is 18.0 Å². The molecule has 0 spiro atoms. The van der Waals surface area contributed by atoms with Crippen molar-refractivity contribution in [1.82, 2.24) is 9.78 Å². The zero-order valence-corrected chi connectivity index (χ0v) is 15.7. The van der Waals surface area contributed by atoms with Crippen LogP contribution in [0.5, 0.6) is 0 Å². The van der Waals surface area contributed by atoms with Gasteiger partial charge >= 0.3 is 0 Å². The summed E-state index contributed by atoms with van der Waals surface area (Å²) < 4.78 is 1.10. The molecule has 0 saturated carbocycles. The summed E-state index contributed by atoms with van der Waals surface area (Å²) in [7, 11) is 0. The first-order valence-corrected chi connectivity index (χ1v) is 8.81. The highest BCUT2D eigenvalue weighted by Gasteiger charge is 2.10. The van der Waals surface area contributed by atoms with E-state index in [2.05, 4.69) is 15.7 Å². The highest BCUT2D eigenvalue weighted by molar-refractivity contribution is 6.33. The average Bonchev–Trinajstić information content (AvgIpc) is 2.66. The number of hydrogen-bond acceptors (Lipinski definition) is 4. The van der Waals surface area contributed by atoms with Gasteiger partial charge in [0.1, 0.15) is 6.54 Å². The van der Waals surface area contributed by atoms with Crippen LogP contribution in [0.3, 0.4) is 0 Å². The van der Waals surface area contributed by atoms with Crippen LogP contribution in [-0.2, 0) is 16.1 Å². The molecule has 0 radical (unpaired) electrons. The molecule has 7 nitrogen and oxygen atoms in total. The molecule has 2 N–H and O–H groups in total. The first-order valence-electron chi connectivity index (χ1n) is 8.43. The Hall–Kier alpha value is -3.45. The smallest absolute Gasteiger partial charge is 0.267 e. The number of hydrogen-bond donors (Lipinski definition) is 2. The summed E-state index contributed by atoms with van der Waals surface area (Å²) in [6.45, 7) is 1.11. The average molecular weight is 397 g/mol. The molecule has 0 aliphatic rings. The number of nitrogens with zero attached hydrogens (tertiary/aromatic N) is 2. The number of amides is 2. The van der Waals surface area contributed by atoms with Crippen molar-refractivity contribution in [3.8, 4) is 11.3 Å².